The second kappa shape index (κ2) is 5.72. The number of amides is 1. The molecule has 3 aliphatic rings. The maximum Gasteiger partial charge on any atom is 0.332 e. The van der Waals surface area contributed by atoms with Gasteiger partial charge in [0.1, 0.15) is 6.10 Å². The summed E-state index contributed by atoms with van der Waals surface area (Å²) in [5.74, 6) is -0.266. The number of nitrogens with zero attached hydrogens (tertiary/aromatic N) is 1. The van der Waals surface area contributed by atoms with Crippen LogP contribution in [0, 0.1) is 5.92 Å². The van der Waals surface area contributed by atoms with Crippen LogP contribution in [-0.4, -0.2) is 46.7 Å². The van der Waals surface area contributed by atoms with Gasteiger partial charge in [-0.2, -0.15) is 0 Å². The summed E-state index contributed by atoms with van der Waals surface area (Å²) >= 11 is 0. The van der Waals surface area contributed by atoms with Crippen molar-refractivity contribution in [1.29, 1.82) is 0 Å². The third kappa shape index (κ3) is 2.55. The number of hydrogen-bond donors (Lipinski definition) is 1. The van der Waals surface area contributed by atoms with Gasteiger partial charge in [-0.3, -0.25) is 4.79 Å². The topological polar surface area (TPSA) is 66.8 Å². The van der Waals surface area contributed by atoms with Crippen molar-refractivity contribution in [2.75, 3.05) is 6.54 Å². The van der Waals surface area contributed by atoms with Crippen LogP contribution in [0.25, 0.3) is 0 Å². The molecule has 0 bridgehead atoms. The van der Waals surface area contributed by atoms with Gasteiger partial charge >= 0.3 is 5.97 Å². The minimum absolute atomic E-state index is 0.0327. The molecule has 4 atom stereocenters. The molecule has 1 saturated carbocycles. The predicted octanol–water partition coefficient (Wildman–Crippen LogP) is 1.80. The van der Waals surface area contributed by atoms with Crippen LogP contribution in [0.15, 0.2) is 0 Å². The SMILES string of the molecule is O=C(O)[C@H]1CC[C@@H](C(=O)N2CCC[C@H]3CCCC[C@H]32)O1. The van der Waals surface area contributed by atoms with E-state index in [0.717, 1.165) is 19.4 Å². The molecule has 3 fully saturated rings. The summed E-state index contributed by atoms with van der Waals surface area (Å²) in [7, 11) is 0. The Labute approximate surface area is 119 Å². The summed E-state index contributed by atoms with van der Waals surface area (Å²) in [5.41, 5.74) is 0. The highest BCUT2D eigenvalue weighted by Gasteiger charge is 2.41. The molecule has 5 nitrogen and oxygen atoms in total. The smallest absolute Gasteiger partial charge is 0.332 e. The van der Waals surface area contributed by atoms with Gasteiger partial charge in [-0.05, 0) is 44.4 Å². The summed E-state index contributed by atoms with van der Waals surface area (Å²) in [4.78, 5) is 25.6. The van der Waals surface area contributed by atoms with Gasteiger partial charge in [0.15, 0.2) is 6.10 Å². The first-order valence-corrected chi connectivity index (χ1v) is 7.85. The Morgan fingerprint density at radius 2 is 1.65 bits per heavy atom. The number of aliphatic carboxylic acids is 1. The van der Waals surface area contributed by atoms with Crippen molar-refractivity contribution < 1.29 is 19.4 Å². The van der Waals surface area contributed by atoms with Crippen molar-refractivity contribution in [3.8, 4) is 0 Å². The fraction of sp³-hybridized carbons (Fsp3) is 0.867. The Bertz CT molecular complexity index is 395. The fourth-order valence-electron chi connectivity index (χ4n) is 4.08. The molecule has 2 saturated heterocycles. The molecule has 1 amide bonds. The van der Waals surface area contributed by atoms with E-state index in [4.69, 9.17) is 9.84 Å². The van der Waals surface area contributed by atoms with E-state index in [-0.39, 0.29) is 5.91 Å². The first-order valence-electron chi connectivity index (χ1n) is 7.85. The highest BCUT2D eigenvalue weighted by molar-refractivity contribution is 5.83. The van der Waals surface area contributed by atoms with Gasteiger partial charge in [0.05, 0.1) is 0 Å². The number of fused-ring (bicyclic) bond motifs is 1. The summed E-state index contributed by atoms with van der Waals surface area (Å²) in [6, 6.07) is 0.373. The molecule has 2 heterocycles. The molecule has 112 valence electrons. The number of piperidine rings is 1. The van der Waals surface area contributed by atoms with Gasteiger partial charge < -0.3 is 14.7 Å². The van der Waals surface area contributed by atoms with Crippen molar-refractivity contribution >= 4 is 11.9 Å². The van der Waals surface area contributed by atoms with Crippen molar-refractivity contribution in [2.24, 2.45) is 5.92 Å². The normalized spacial score (nSPS) is 37.5. The molecule has 1 aliphatic carbocycles. The van der Waals surface area contributed by atoms with Crippen molar-refractivity contribution in [1.82, 2.24) is 4.90 Å². The van der Waals surface area contributed by atoms with Crippen molar-refractivity contribution in [3.63, 3.8) is 0 Å². The molecule has 0 radical (unpaired) electrons. The van der Waals surface area contributed by atoms with Crippen molar-refractivity contribution in [3.05, 3.63) is 0 Å². The van der Waals surface area contributed by atoms with Gasteiger partial charge in [0.2, 0.25) is 0 Å². The zero-order valence-electron chi connectivity index (χ0n) is 11.8. The molecule has 5 heteroatoms. The first-order chi connectivity index (χ1) is 9.66. The average molecular weight is 281 g/mol. The monoisotopic (exact) mass is 281 g/mol. The Morgan fingerprint density at radius 3 is 2.40 bits per heavy atom. The Morgan fingerprint density at radius 1 is 0.950 bits per heavy atom. The van der Waals surface area contributed by atoms with E-state index in [2.05, 4.69) is 0 Å². The zero-order valence-corrected chi connectivity index (χ0v) is 11.8. The average Bonchev–Trinajstić information content (AvgIpc) is 2.96. The number of carbonyl (C=O) groups is 2. The van der Waals surface area contributed by atoms with E-state index < -0.39 is 18.2 Å². The van der Waals surface area contributed by atoms with Crippen LogP contribution in [0.2, 0.25) is 0 Å². The largest absolute Gasteiger partial charge is 0.479 e. The predicted molar refractivity (Wildman–Crippen MR) is 72.2 cm³/mol. The lowest BCUT2D eigenvalue weighted by molar-refractivity contribution is -0.157. The Balaban J connectivity index is 1.65. The quantitative estimate of drug-likeness (QED) is 0.838. The third-order valence-corrected chi connectivity index (χ3v) is 5.10. The number of rotatable bonds is 2. The molecule has 0 aromatic carbocycles. The molecule has 2 aliphatic heterocycles. The van der Waals surface area contributed by atoms with E-state index in [1.165, 1.54) is 25.7 Å². The first kappa shape index (κ1) is 13.9. The maximum atomic E-state index is 12.6. The van der Waals surface area contributed by atoms with Crippen LogP contribution in [0.3, 0.4) is 0 Å². The summed E-state index contributed by atoms with van der Waals surface area (Å²) < 4.78 is 5.43. The summed E-state index contributed by atoms with van der Waals surface area (Å²) in [6.45, 7) is 0.817. The molecule has 20 heavy (non-hydrogen) atoms. The van der Waals surface area contributed by atoms with E-state index in [0.29, 0.717) is 24.8 Å². The number of hydrogen-bond acceptors (Lipinski definition) is 3. The standard InChI is InChI=1S/C15H23NO4/c17-14(12-7-8-13(20-12)15(18)19)16-9-3-5-10-4-1-2-6-11(10)16/h10-13H,1-9H2,(H,18,19)/t10-,11-,12+,13-/m1/s1. The van der Waals surface area contributed by atoms with Crippen LogP contribution < -0.4 is 0 Å². The highest BCUT2D eigenvalue weighted by Crippen LogP contribution is 2.36. The maximum absolute atomic E-state index is 12.6. The minimum Gasteiger partial charge on any atom is -0.479 e. The summed E-state index contributed by atoms with van der Waals surface area (Å²) in [6.07, 6.45) is 6.80. The van der Waals surface area contributed by atoms with Gasteiger partial charge in [-0.25, -0.2) is 4.79 Å². The molecule has 3 rings (SSSR count). The Kier molecular flexibility index (Phi) is 3.96. The Hall–Kier alpha value is -1.10. The number of carboxylic acids is 1. The number of carboxylic acid groups (broad SMARTS) is 1. The second-order valence-electron chi connectivity index (χ2n) is 6.31. The lowest BCUT2D eigenvalue weighted by Crippen LogP contribution is -2.52. The van der Waals surface area contributed by atoms with Gasteiger partial charge in [0, 0.05) is 12.6 Å². The lowest BCUT2D eigenvalue weighted by atomic mass is 9.78. The zero-order chi connectivity index (χ0) is 14.1. The van der Waals surface area contributed by atoms with Gasteiger partial charge in [0.25, 0.3) is 5.91 Å². The molecule has 0 unspecified atom stereocenters. The van der Waals surface area contributed by atoms with Crippen LogP contribution in [0.4, 0.5) is 0 Å². The van der Waals surface area contributed by atoms with Gasteiger partial charge in [-0.1, -0.05) is 12.8 Å². The molecule has 0 aromatic heterocycles. The second-order valence-corrected chi connectivity index (χ2v) is 6.31. The van der Waals surface area contributed by atoms with Gasteiger partial charge in [-0.15, -0.1) is 0 Å². The fourth-order valence-corrected chi connectivity index (χ4v) is 4.08. The molecule has 0 spiro atoms. The van der Waals surface area contributed by atoms with E-state index in [1.807, 2.05) is 4.90 Å². The highest BCUT2D eigenvalue weighted by atomic mass is 16.5. The van der Waals surface area contributed by atoms with E-state index in [1.54, 1.807) is 0 Å². The minimum atomic E-state index is -0.950. The van der Waals surface area contributed by atoms with Crippen LogP contribution in [0.5, 0.6) is 0 Å². The van der Waals surface area contributed by atoms with E-state index >= 15 is 0 Å². The third-order valence-electron chi connectivity index (χ3n) is 5.10. The van der Waals surface area contributed by atoms with Crippen LogP contribution in [-0.2, 0) is 14.3 Å². The molecular weight excluding hydrogens is 258 g/mol. The molecule has 0 aromatic rings. The lowest BCUT2D eigenvalue weighted by Gasteiger charge is -2.44. The number of ether oxygens (including phenoxy) is 1. The van der Waals surface area contributed by atoms with Crippen LogP contribution >= 0.6 is 0 Å². The molecule has 1 N–H and O–H groups in total. The van der Waals surface area contributed by atoms with E-state index in [9.17, 15) is 9.59 Å². The molecular formula is C15H23NO4. The van der Waals surface area contributed by atoms with Crippen molar-refractivity contribution in [2.45, 2.75) is 69.6 Å². The summed E-state index contributed by atoms with van der Waals surface area (Å²) in [5, 5.41) is 8.96. The number of likely N-dealkylation sites (tertiary alicyclic amines) is 1. The van der Waals surface area contributed by atoms with Crippen LogP contribution in [0.1, 0.15) is 51.4 Å². The number of carbonyl (C=O) groups excluding carboxylic acids is 1.